The predicted octanol–water partition coefficient (Wildman–Crippen LogP) is 2.64. The van der Waals surface area contributed by atoms with Crippen LogP contribution in [0.25, 0.3) is 0 Å². The highest BCUT2D eigenvalue weighted by molar-refractivity contribution is 5.05. The third-order valence-corrected chi connectivity index (χ3v) is 5.50. The minimum Gasteiger partial charge on any atom is -0.308 e. The molecule has 1 aliphatic heterocycles. The normalized spacial score (nSPS) is 41.5. The van der Waals surface area contributed by atoms with Crippen LogP contribution in [0.5, 0.6) is 0 Å². The molecule has 17 heavy (non-hydrogen) atoms. The van der Waals surface area contributed by atoms with Crippen LogP contribution < -0.4 is 5.32 Å². The summed E-state index contributed by atoms with van der Waals surface area (Å²) in [5, 5.41) is 3.86. The Kier molecular flexibility index (Phi) is 2.99. The van der Waals surface area contributed by atoms with Crippen LogP contribution in [0.1, 0.15) is 52.9 Å². The minimum atomic E-state index is 0.412. The monoisotopic (exact) mass is 236 g/mol. The van der Waals surface area contributed by atoms with Gasteiger partial charge in [-0.15, -0.1) is 0 Å². The average Bonchev–Trinajstić information content (AvgIpc) is 3.20. The molecule has 3 fully saturated rings. The highest BCUT2D eigenvalue weighted by atomic mass is 15.3. The molecule has 2 saturated carbocycles. The number of hydrogen-bond acceptors (Lipinski definition) is 2. The zero-order chi connectivity index (χ0) is 12.0. The quantitative estimate of drug-likeness (QED) is 0.807. The molecule has 0 aromatic heterocycles. The standard InChI is InChI=1S/C15H28N2/c1-4-14-9-16-15(3,13-7-8-13)10-17(14)11(2)12-5-6-12/h11-14,16H,4-10H2,1-3H3. The van der Waals surface area contributed by atoms with Gasteiger partial charge in [-0.3, -0.25) is 4.90 Å². The fourth-order valence-electron chi connectivity index (χ4n) is 3.73. The van der Waals surface area contributed by atoms with Crippen molar-refractivity contribution >= 4 is 0 Å². The Hall–Kier alpha value is -0.0800. The second-order valence-corrected chi connectivity index (χ2v) is 6.89. The molecule has 3 unspecified atom stereocenters. The maximum atomic E-state index is 3.86. The number of nitrogens with zero attached hydrogens (tertiary/aromatic N) is 1. The van der Waals surface area contributed by atoms with Gasteiger partial charge in [-0.05, 0) is 57.8 Å². The zero-order valence-corrected chi connectivity index (χ0v) is 11.7. The van der Waals surface area contributed by atoms with Crippen LogP contribution in [-0.4, -0.2) is 35.6 Å². The maximum absolute atomic E-state index is 3.86. The Morgan fingerprint density at radius 1 is 1.29 bits per heavy atom. The Bertz CT molecular complexity index is 281. The minimum absolute atomic E-state index is 0.412. The number of hydrogen-bond donors (Lipinski definition) is 1. The van der Waals surface area contributed by atoms with E-state index in [1.807, 2.05) is 0 Å². The van der Waals surface area contributed by atoms with E-state index < -0.39 is 0 Å². The molecule has 0 spiro atoms. The van der Waals surface area contributed by atoms with Gasteiger partial charge in [0.2, 0.25) is 0 Å². The molecule has 3 atom stereocenters. The summed E-state index contributed by atoms with van der Waals surface area (Å²) in [6.07, 6.45) is 7.14. The molecule has 1 heterocycles. The summed E-state index contributed by atoms with van der Waals surface area (Å²) in [6.45, 7) is 9.77. The first-order valence-corrected chi connectivity index (χ1v) is 7.65. The summed E-state index contributed by atoms with van der Waals surface area (Å²) < 4.78 is 0. The maximum Gasteiger partial charge on any atom is 0.0309 e. The molecule has 0 amide bonds. The second-order valence-electron chi connectivity index (χ2n) is 6.89. The van der Waals surface area contributed by atoms with Gasteiger partial charge in [-0.25, -0.2) is 0 Å². The van der Waals surface area contributed by atoms with Gasteiger partial charge in [-0.2, -0.15) is 0 Å². The van der Waals surface area contributed by atoms with Crippen molar-refractivity contribution in [3.63, 3.8) is 0 Å². The summed E-state index contributed by atoms with van der Waals surface area (Å²) in [4.78, 5) is 2.84. The van der Waals surface area contributed by atoms with Gasteiger partial charge in [0.15, 0.2) is 0 Å². The van der Waals surface area contributed by atoms with Crippen molar-refractivity contribution in [1.29, 1.82) is 0 Å². The second kappa shape index (κ2) is 4.24. The molecular weight excluding hydrogens is 208 g/mol. The first-order chi connectivity index (χ1) is 8.14. The molecule has 0 bridgehead atoms. The van der Waals surface area contributed by atoms with Gasteiger partial charge in [0.1, 0.15) is 0 Å². The van der Waals surface area contributed by atoms with Crippen LogP contribution in [0.2, 0.25) is 0 Å². The van der Waals surface area contributed by atoms with E-state index in [2.05, 4.69) is 31.0 Å². The van der Waals surface area contributed by atoms with E-state index in [4.69, 9.17) is 0 Å². The largest absolute Gasteiger partial charge is 0.308 e. The van der Waals surface area contributed by atoms with E-state index in [0.29, 0.717) is 5.54 Å². The van der Waals surface area contributed by atoms with Crippen LogP contribution in [0, 0.1) is 11.8 Å². The molecule has 3 aliphatic rings. The smallest absolute Gasteiger partial charge is 0.0309 e. The van der Waals surface area contributed by atoms with Crippen molar-refractivity contribution in [2.24, 2.45) is 11.8 Å². The molecular formula is C15H28N2. The predicted molar refractivity (Wildman–Crippen MR) is 72.1 cm³/mol. The van der Waals surface area contributed by atoms with Crippen molar-refractivity contribution in [1.82, 2.24) is 10.2 Å². The van der Waals surface area contributed by atoms with Crippen molar-refractivity contribution < 1.29 is 0 Å². The third-order valence-electron chi connectivity index (χ3n) is 5.50. The average molecular weight is 236 g/mol. The topological polar surface area (TPSA) is 15.3 Å². The van der Waals surface area contributed by atoms with Gasteiger partial charge in [0.25, 0.3) is 0 Å². The SMILES string of the molecule is CCC1CNC(C)(C2CC2)CN1C(C)C1CC1. The fourth-order valence-corrected chi connectivity index (χ4v) is 3.73. The first kappa shape index (κ1) is 12.0. The summed E-state index contributed by atoms with van der Waals surface area (Å²) >= 11 is 0. The fraction of sp³-hybridized carbons (Fsp3) is 1.00. The zero-order valence-electron chi connectivity index (χ0n) is 11.7. The number of nitrogens with one attached hydrogen (secondary N) is 1. The summed E-state index contributed by atoms with van der Waals surface area (Å²) in [5.41, 5.74) is 0.412. The van der Waals surface area contributed by atoms with Crippen molar-refractivity contribution in [2.75, 3.05) is 13.1 Å². The van der Waals surface area contributed by atoms with Gasteiger partial charge in [0.05, 0.1) is 0 Å². The molecule has 1 N–H and O–H groups in total. The van der Waals surface area contributed by atoms with E-state index in [-0.39, 0.29) is 0 Å². The lowest BCUT2D eigenvalue weighted by Crippen LogP contribution is -2.65. The van der Waals surface area contributed by atoms with Crippen molar-refractivity contribution in [3.8, 4) is 0 Å². The molecule has 0 aromatic carbocycles. The molecule has 2 nitrogen and oxygen atoms in total. The van der Waals surface area contributed by atoms with Crippen LogP contribution in [0.3, 0.4) is 0 Å². The third kappa shape index (κ3) is 2.26. The molecule has 0 aromatic rings. The summed E-state index contributed by atoms with van der Waals surface area (Å²) in [6, 6.07) is 1.59. The summed E-state index contributed by atoms with van der Waals surface area (Å²) in [7, 11) is 0. The molecule has 3 rings (SSSR count). The number of rotatable bonds is 4. The van der Waals surface area contributed by atoms with Gasteiger partial charge in [-0.1, -0.05) is 6.92 Å². The van der Waals surface area contributed by atoms with Gasteiger partial charge < -0.3 is 5.32 Å². The Labute approximate surface area is 106 Å². The first-order valence-electron chi connectivity index (χ1n) is 7.65. The van der Waals surface area contributed by atoms with Crippen molar-refractivity contribution in [3.05, 3.63) is 0 Å². The van der Waals surface area contributed by atoms with E-state index in [1.165, 1.54) is 45.2 Å². The summed E-state index contributed by atoms with van der Waals surface area (Å²) in [5.74, 6) is 1.96. The molecule has 0 radical (unpaired) electrons. The molecule has 1 saturated heterocycles. The lowest BCUT2D eigenvalue weighted by Gasteiger charge is -2.49. The van der Waals surface area contributed by atoms with Crippen LogP contribution >= 0.6 is 0 Å². The highest BCUT2D eigenvalue weighted by Gasteiger charge is 2.48. The van der Waals surface area contributed by atoms with Crippen LogP contribution in [0.15, 0.2) is 0 Å². The Balaban J connectivity index is 1.71. The van der Waals surface area contributed by atoms with Gasteiger partial charge >= 0.3 is 0 Å². The highest BCUT2D eigenvalue weighted by Crippen LogP contribution is 2.43. The van der Waals surface area contributed by atoms with Crippen LogP contribution in [0.4, 0.5) is 0 Å². The van der Waals surface area contributed by atoms with E-state index in [9.17, 15) is 0 Å². The van der Waals surface area contributed by atoms with Crippen molar-refractivity contribution in [2.45, 2.75) is 70.5 Å². The molecule has 2 aliphatic carbocycles. The molecule has 98 valence electrons. The van der Waals surface area contributed by atoms with E-state index in [1.54, 1.807) is 0 Å². The van der Waals surface area contributed by atoms with Crippen LogP contribution in [-0.2, 0) is 0 Å². The lowest BCUT2D eigenvalue weighted by atomic mass is 9.89. The Morgan fingerprint density at radius 3 is 2.53 bits per heavy atom. The Morgan fingerprint density at radius 2 is 2.00 bits per heavy atom. The number of piperazine rings is 1. The van der Waals surface area contributed by atoms with E-state index >= 15 is 0 Å². The van der Waals surface area contributed by atoms with E-state index in [0.717, 1.165) is 23.9 Å². The lowest BCUT2D eigenvalue weighted by molar-refractivity contribution is 0.0350. The van der Waals surface area contributed by atoms with Gasteiger partial charge in [0, 0.05) is 30.7 Å². The molecule has 2 heteroatoms.